The molecule has 0 saturated heterocycles. The molecule has 0 fully saturated rings. The van der Waals surface area contributed by atoms with Crippen molar-refractivity contribution < 1.29 is 24.5 Å². The van der Waals surface area contributed by atoms with Gasteiger partial charge in [0, 0.05) is 49.4 Å². The Morgan fingerprint density at radius 3 is 2.10 bits per heavy atom. The zero-order valence-corrected chi connectivity index (χ0v) is 32.0. The molecule has 3 aromatic heterocycles. The van der Waals surface area contributed by atoms with Crippen molar-refractivity contribution in [1.82, 2.24) is 9.97 Å². The van der Waals surface area contributed by atoms with Crippen LogP contribution in [0.2, 0.25) is 19.6 Å². The predicted molar refractivity (Wildman–Crippen MR) is 207 cm³/mol. The second-order valence-corrected chi connectivity index (χ2v) is 18.4. The van der Waals surface area contributed by atoms with Gasteiger partial charge >= 0.3 is 0 Å². The van der Waals surface area contributed by atoms with E-state index < -0.39 is 8.07 Å². The van der Waals surface area contributed by atoms with Crippen LogP contribution >= 0.6 is 0 Å². The zero-order chi connectivity index (χ0) is 33.8. The number of pyridine rings is 2. The van der Waals surface area contributed by atoms with Crippen molar-refractivity contribution >= 4 is 35.2 Å². The van der Waals surface area contributed by atoms with Gasteiger partial charge in [-0.2, -0.15) is 0 Å². The molecule has 8 aromatic rings. The Balaban J connectivity index is 0.000000215. The summed E-state index contributed by atoms with van der Waals surface area (Å²) in [5, 5.41) is 3.59. The van der Waals surface area contributed by atoms with E-state index in [0.717, 1.165) is 55.6 Å². The van der Waals surface area contributed by atoms with E-state index in [0.29, 0.717) is 5.92 Å². The maximum absolute atomic E-state index is 6.30. The van der Waals surface area contributed by atoms with Crippen LogP contribution in [0.4, 0.5) is 0 Å². The Bertz CT molecular complexity index is 2310. The standard InChI is InChI=1S/C31H22NO.C14H16NSi.Ir/c1-21(22-9-4-2-5-10-22)24-17-18-32-29(20-24)25-15-16-30-28(19-25)27-14-8-13-26(31(27)33-30)23-11-6-3-7-12-23;1-16(2,3)13-9-10-14(15-11-13)12-7-5-4-6-8-12;/h2-14,16-21H,1H3;4-7,9-11H,1-3H3;/q2*-1;. The molecule has 0 amide bonds. The van der Waals surface area contributed by atoms with E-state index in [4.69, 9.17) is 4.42 Å². The van der Waals surface area contributed by atoms with Crippen LogP contribution in [0.5, 0.6) is 0 Å². The van der Waals surface area contributed by atoms with Crippen LogP contribution in [0.3, 0.4) is 0 Å². The van der Waals surface area contributed by atoms with Gasteiger partial charge in [-0.25, -0.2) is 0 Å². The molecular weight excluding hydrogens is 805 g/mol. The van der Waals surface area contributed by atoms with Crippen LogP contribution in [-0.2, 0) is 20.1 Å². The fourth-order valence-electron chi connectivity index (χ4n) is 6.08. The second-order valence-electron chi connectivity index (χ2n) is 13.3. The first kappa shape index (κ1) is 34.9. The van der Waals surface area contributed by atoms with Gasteiger partial charge in [0.2, 0.25) is 0 Å². The summed E-state index contributed by atoms with van der Waals surface area (Å²) in [6, 6.07) is 54.5. The third kappa shape index (κ3) is 7.61. The summed E-state index contributed by atoms with van der Waals surface area (Å²) in [5.41, 5.74) is 10.5. The third-order valence-electron chi connectivity index (χ3n) is 8.99. The van der Waals surface area contributed by atoms with E-state index in [1.807, 2.05) is 48.8 Å². The molecule has 5 aromatic carbocycles. The van der Waals surface area contributed by atoms with Crippen LogP contribution < -0.4 is 5.19 Å². The molecule has 0 saturated carbocycles. The fraction of sp³-hybridized carbons (Fsp3) is 0.111. The molecule has 0 aliphatic heterocycles. The Morgan fingerprint density at radius 1 is 0.640 bits per heavy atom. The summed E-state index contributed by atoms with van der Waals surface area (Å²) >= 11 is 0. The van der Waals surface area contributed by atoms with Crippen LogP contribution in [0.1, 0.15) is 24.0 Å². The zero-order valence-electron chi connectivity index (χ0n) is 28.6. The van der Waals surface area contributed by atoms with Crippen LogP contribution in [0, 0.1) is 12.1 Å². The molecule has 0 aliphatic rings. The number of benzene rings is 5. The van der Waals surface area contributed by atoms with Gasteiger partial charge in [0.15, 0.2) is 0 Å². The van der Waals surface area contributed by atoms with Crippen molar-refractivity contribution in [3.8, 4) is 33.6 Å². The van der Waals surface area contributed by atoms with Crippen molar-refractivity contribution in [3.05, 3.63) is 175 Å². The Hall–Kier alpha value is -4.93. The Labute approximate surface area is 309 Å². The quantitative estimate of drug-likeness (QED) is 0.124. The predicted octanol–water partition coefficient (Wildman–Crippen LogP) is 11.4. The minimum Gasteiger partial charge on any atom is -0.500 e. The monoisotopic (exact) mass is 843 g/mol. The van der Waals surface area contributed by atoms with Gasteiger partial charge in [-0.15, -0.1) is 59.7 Å². The first-order chi connectivity index (χ1) is 23.8. The van der Waals surface area contributed by atoms with Crippen molar-refractivity contribution in [2.24, 2.45) is 0 Å². The van der Waals surface area contributed by atoms with Gasteiger partial charge in [0.25, 0.3) is 0 Å². The van der Waals surface area contributed by atoms with Gasteiger partial charge < -0.3 is 14.4 Å². The topological polar surface area (TPSA) is 38.9 Å². The summed E-state index contributed by atoms with van der Waals surface area (Å²) in [6.45, 7) is 9.23. The molecule has 1 unspecified atom stereocenters. The van der Waals surface area contributed by atoms with E-state index in [2.05, 4.69) is 152 Å². The number of furan rings is 1. The van der Waals surface area contributed by atoms with Gasteiger partial charge in [0.05, 0.1) is 13.7 Å². The first-order valence-electron chi connectivity index (χ1n) is 16.7. The number of fused-ring (bicyclic) bond motifs is 3. The van der Waals surface area contributed by atoms with Gasteiger partial charge in [0.1, 0.15) is 5.58 Å². The number of rotatable bonds is 6. The van der Waals surface area contributed by atoms with Crippen LogP contribution in [0.25, 0.3) is 55.6 Å². The molecule has 0 aliphatic carbocycles. The fourth-order valence-corrected chi connectivity index (χ4v) is 7.12. The molecule has 3 nitrogen and oxygen atoms in total. The number of hydrogen-bond donors (Lipinski definition) is 0. The summed E-state index contributed by atoms with van der Waals surface area (Å²) in [6.07, 6.45) is 3.91. The molecule has 3 heterocycles. The molecule has 50 heavy (non-hydrogen) atoms. The first-order valence-corrected chi connectivity index (χ1v) is 20.2. The summed E-state index contributed by atoms with van der Waals surface area (Å²) in [5.74, 6) is 0.292. The smallest absolute Gasteiger partial charge is 0.128 e. The number of nitrogens with zero attached hydrogens (tertiary/aromatic N) is 2. The molecule has 5 heteroatoms. The molecular formula is C45H38IrN2OSi-2. The van der Waals surface area contributed by atoms with E-state index in [-0.39, 0.29) is 20.1 Å². The Morgan fingerprint density at radius 2 is 1.40 bits per heavy atom. The third-order valence-corrected chi connectivity index (χ3v) is 11.0. The maximum atomic E-state index is 6.30. The van der Waals surface area contributed by atoms with E-state index in [1.54, 1.807) is 0 Å². The molecule has 0 spiro atoms. The second kappa shape index (κ2) is 15.3. The number of aromatic nitrogens is 2. The summed E-state index contributed by atoms with van der Waals surface area (Å²) in [7, 11) is -1.23. The van der Waals surface area contributed by atoms with E-state index in [1.165, 1.54) is 16.3 Å². The molecule has 1 atom stereocenters. The minimum absolute atomic E-state index is 0. The van der Waals surface area contributed by atoms with E-state index in [9.17, 15) is 0 Å². The van der Waals surface area contributed by atoms with Gasteiger partial charge in [-0.05, 0) is 39.3 Å². The van der Waals surface area contributed by atoms with Crippen molar-refractivity contribution in [2.75, 3.05) is 0 Å². The molecule has 1 radical (unpaired) electrons. The van der Waals surface area contributed by atoms with E-state index >= 15 is 0 Å². The average Bonchev–Trinajstić information content (AvgIpc) is 3.54. The maximum Gasteiger partial charge on any atom is 0.128 e. The van der Waals surface area contributed by atoms with Crippen molar-refractivity contribution in [2.45, 2.75) is 32.5 Å². The summed E-state index contributed by atoms with van der Waals surface area (Å²) < 4.78 is 6.30. The van der Waals surface area contributed by atoms with Crippen LogP contribution in [0.15, 0.2) is 156 Å². The normalized spacial score (nSPS) is 11.8. The van der Waals surface area contributed by atoms with Crippen molar-refractivity contribution in [1.29, 1.82) is 0 Å². The molecule has 8 rings (SSSR count). The molecule has 0 N–H and O–H groups in total. The van der Waals surface area contributed by atoms with Gasteiger partial charge in [-0.1, -0.05) is 129 Å². The van der Waals surface area contributed by atoms with Crippen molar-refractivity contribution in [3.63, 3.8) is 0 Å². The summed E-state index contributed by atoms with van der Waals surface area (Å²) in [4.78, 5) is 9.18. The largest absolute Gasteiger partial charge is 0.500 e. The van der Waals surface area contributed by atoms with Gasteiger partial charge in [-0.3, -0.25) is 0 Å². The average molecular weight is 843 g/mol. The minimum atomic E-state index is -1.23. The molecule has 0 bridgehead atoms. The number of hydrogen-bond acceptors (Lipinski definition) is 3. The molecule has 249 valence electrons. The van der Waals surface area contributed by atoms with Crippen LogP contribution in [-0.4, -0.2) is 18.0 Å². The SMILES string of the molecule is CC(c1ccccc1)c1ccnc(-c2[c-]cc3oc4c(-c5ccccc5)cccc4c3c2)c1.C[Si](C)(C)c1ccc(-c2[c-]cccc2)nc1.[Ir]. The number of para-hydroxylation sites is 1. The Kier molecular flexibility index (Phi) is 10.7.